The molecule has 1 aliphatic heterocycles. The minimum absolute atomic E-state index is 0.0669. The number of hydrogen-bond donors (Lipinski definition) is 1. The van der Waals surface area contributed by atoms with E-state index in [-0.39, 0.29) is 11.7 Å². The normalized spacial score (nSPS) is 18.8. The number of halogens is 1. The van der Waals surface area contributed by atoms with E-state index < -0.39 is 5.60 Å². The Morgan fingerprint density at radius 3 is 2.35 bits per heavy atom. The molecule has 20 heavy (non-hydrogen) atoms. The fraction of sp³-hybridized carbons (Fsp3) is 0.533. The van der Waals surface area contributed by atoms with Crippen molar-refractivity contribution < 1.29 is 14.3 Å². The van der Waals surface area contributed by atoms with Crippen LogP contribution in [-0.2, 0) is 10.4 Å². The third kappa shape index (κ3) is 3.35. The highest BCUT2D eigenvalue weighted by Crippen LogP contribution is 2.32. The number of hydrogen-bond acceptors (Lipinski definition) is 3. The molecule has 5 heteroatoms. The molecule has 1 saturated heterocycles. The molecule has 1 N–H and O–H groups in total. The Hall–Kier alpha value is -1.46. The number of nitrogens with zero attached hydrogens (tertiary/aromatic N) is 2. The van der Waals surface area contributed by atoms with Crippen LogP contribution in [0.4, 0.5) is 4.39 Å². The van der Waals surface area contributed by atoms with E-state index >= 15 is 0 Å². The molecular formula is C15H21FN2O2. The van der Waals surface area contributed by atoms with Gasteiger partial charge in [-0.2, -0.15) is 0 Å². The maximum Gasteiger partial charge on any atom is 0.236 e. The van der Waals surface area contributed by atoms with Gasteiger partial charge in [-0.1, -0.05) is 12.1 Å². The molecule has 110 valence electrons. The number of amides is 1. The van der Waals surface area contributed by atoms with Crippen LogP contribution in [0.25, 0.3) is 0 Å². The molecule has 1 amide bonds. The first kappa shape index (κ1) is 14.9. The van der Waals surface area contributed by atoms with Crippen LogP contribution in [0.15, 0.2) is 24.3 Å². The van der Waals surface area contributed by atoms with Crippen LogP contribution in [0.2, 0.25) is 0 Å². The van der Waals surface area contributed by atoms with E-state index in [0.717, 1.165) is 5.56 Å². The summed E-state index contributed by atoms with van der Waals surface area (Å²) in [6, 6.07) is 6.01. The SMILES string of the molecule is CN(C)C(=O)CN1CCC(O)(c2ccc(F)cc2)CC1. The van der Waals surface area contributed by atoms with E-state index in [1.807, 2.05) is 4.90 Å². The Morgan fingerprint density at radius 1 is 1.30 bits per heavy atom. The average Bonchev–Trinajstić information content (AvgIpc) is 2.42. The largest absolute Gasteiger partial charge is 0.385 e. The summed E-state index contributed by atoms with van der Waals surface area (Å²) >= 11 is 0. The molecular weight excluding hydrogens is 259 g/mol. The lowest BCUT2D eigenvalue weighted by Gasteiger charge is -2.38. The summed E-state index contributed by atoms with van der Waals surface area (Å²) in [7, 11) is 3.47. The molecule has 1 aromatic carbocycles. The van der Waals surface area contributed by atoms with E-state index in [2.05, 4.69) is 0 Å². The first-order valence-electron chi connectivity index (χ1n) is 6.82. The van der Waals surface area contributed by atoms with Gasteiger partial charge in [0.05, 0.1) is 12.1 Å². The van der Waals surface area contributed by atoms with Gasteiger partial charge in [-0.15, -0.1) is 0 Å². The molecule has 1 aromatic rings. The van der Waals surface area contributed by atoms with Crippen molar-refractivity contribution in [2.24, 2.45) is 0 Å². The summed E-state index contributed by atoms with van der Waals surface area (Å²) in [5, 5.41) is 10.7. The van der Waals surface area contributed by atoms with Crippen LogP contribution in [0, 0.1) is 5.82 Å². The number of benzene rings is 1. The summed E-state index contributed by atoms with van der Waals surface area (Å²) in [6.07, 6.45) is 1.11. The molecule has 0 radical (unpaired) electrons. The van der Waals surface area contributed by atoms with Gasteiger partial charge in [-0.3, -0.25) is 9.69 Å². The van der Waals surface area contributed by atoms with Gasteiger partial charge in [0, 0.05) is 27.2 Å². The Balaban J connectivity index is 1.96. The van der Waals surface area contributed by atoms with Crippen molar-refractivity contribution in [1.29, 1.82) is 0 Å². The Bertz CT molecular complexity index is 465. The molecule has 4 nitrogen and oxygen atoms in total. The molecule has 0 saturated carbocycles. The van der Waals surface area contributed by atoms with Gasteiger partial charge < -0.3 is 10.0 Å². The van der Waals surface area contributed by atoms with Crippen molar-refractivity contribution in [1.82, 2.24) is 9.80 Å². The van der Waals surface area contributed by atoms with Crippen LogP contribution < -0.4 is 0 Å². The summed E-state index contributed by atoms with van der Waals surface area (Å²) in [6.45, 7) is 1.70. The maximum atomic E-state index is 12.9. The second-order valence-corrected chi connectivity index (χ2v) is 5.60. The fourth-order valence-electron chi connectivity index (χ4n) is 2.46. The van der Waals surface area contributed by atoms with Gasteiger partial charge in [0.15, 0.2) is 0 Å². The predicted octanol–water partition coefficient (Wildman–Crippen LogP) is 1.20. The van der Waals surface area contributed by atoms with Crippen molar-refractivity contribution in [2.45, 2.75) is 18.4 Å². The molecule has 1 fully saturated rings. The van der Waals surface area contributed by atoms with Gasteiger partial charge in [-0.25, -0.2) is 4.39 Å². The first-order chi connectivity index (χ1) is 9.40. The molecule has 0 atom stereocenters. The van der Waals surface area contributed by atoms with Crippen molar-refractivity contribution >= 4 is 5.91 Å². The predicted molar refractivity (Wildman–Crippen MR) is 74.7 cm³/mol. The minimum Gasteiger partial charge on any atom is -0.385 e. The van der Waals surface area contributed by atoms with Gasteiger partial charge in [0.1, 0.15) is 5.82 Å². The summed E-state index contributed by atoms with van der Waals surface area (Å²) in [5.41, 5.74) is -0.164. The smallest absolute Gasteiger partial charge is 0.236 e. The highest BCUT2D eigenvalue weighted by molar-refractivity contribution is 5.77. The maximum absolute atomic E-state index is 12.9. The third-order valence-electron chi connectivity index (χ3n) is 3.92. The Kier molecular flexibility index (Phi) is 4.40. The van der Waals surface area contributed by atoms with Crippen LogP contribution in [0.3, 0.4) is 0 Å². The minimum atomic E-state index is -0.911. The van der Waals surface area contributed by atoms with Gasteiger partial charge in [0.25, 0.3) is 0 Å². The first-order valence-corrected chi connectivity index (χ1v) is 6.82. The topological polar surface area (TPSA) is 43.8 Å². The molecule has 0 unspecified atom stereocenters. The van der Waals surface area contributed by atoms with Crippen LogP contribution in [-0.4, -0.2) is 54.5 Å². The molecule has 0 aromatic heterocycles. The third-order valence-corrected chi connectivity index (χ3v) is 3.92. The molecule has 2 rings (SSSR count). The Morgan fingerprint density at radius 2 is 1.85 bits per heavy atom. The van der Waals surface area contributed by atoms with Crippen molar-refractivity contribution in [3.05, 3.63) is 35.6 Å². The number of carbonyl (C=O) groups is 1. The van der Waals surface area contributed by atoms with Crippen LogP contribution in [0.5, 0.6) is 0 Å². The summed E-state index contributed by atoms with van der Waals surface area (Å²) in [5.74, 6) is -0.233. The standard InChI is InChI=1S/C15H21FN2O2/c1-17(2)14(19)11-18-9-7-15(20,8-10-18)12-3-5-13(16)6-4-12/h3-6,20H,7-11H2,1-2H3. The number of rotatable bonds is 3. The van der Waals surface area contributed by atoms with E-state index in [9.17, 15) is 14.3 Å². The summed E-state index contributed by atoms with van der Waals surface area (Å²) < 4.78 is 12.9. The second kappa shape index (κ2) is 5.89. The van der Waals surface area contributed by atoms with E-state index in [1.54, 1.807) is 31.1 Å². The van der Waals surface area contributed by atoms with Gasteiger partial charge in [0.2, 0.25) is 5.91 Å². The van der Waals surface area contributed by atoms with Crippen molar-refractivity contribution in [3.63, 3.8) is 0 Å². The number of carbonyl (C=O) groups excluding carboxylic acids is 1. The monoisotopic (exact) mass is 280 g/mol. The van der Waals surface area contributed by atoms with Crippen LogP contribution in [0.1, 0.15) is 18.4 Å². The number of piperidine rings is 1. The molecule has 1 aliphatic rings. The summed E-state index contributed by atoms with van der Waals surface area (Å²) in [4.78, 5) is 15.3. The fourth-order valence-corrected chi connectivity index (χ4v) is 2.46. The molecule has 0 aliphatic carbocycles. The molecule has 0 spiro atoms. The zero-order valence-electron chi connectivity index (χ0n) is 12.0. The second-order valence-electron chi connectivity index (χ2n) is 5.60. The van der Waals surface area contributed by atoms with Crippen molar-refractivity contribution in [3.8, 4) is 0 Å². The van der Waals surface area contributed by atoms with Crippen LogP contribution >= 0.6 is 0 Å². The lowest BCUT2D eigenvalue weighted by atomic mass is 9.84. The Labute approximate surface area is 118 Å². The molecule has 1 heterocycles. The zero-order valence-corrected chi connectivity index (χ0v) is 12.0. The highest BCUT2D eigenvalue weighted by Gasteiger charge is 2.34. The van der Waals surface area contributed by atoms with Gasteiger partial charge in [-0.05, 0) is 30.5 Å². The van der Waals surface area contributed by atoms with Crippen molar-refractivity contribution in [2.75, 3.05) is 33.7 Å². The lowest BCUT2D eigenvalue weighted by molar-refractivity contribution is -0.131. The van der Waals surface area contributed by atoms with E-state index in [4.69, 9.17) is 0 Å². The highest BCUT2D eigenvalue weighted by atomic mass is 19.1. The van der Waals surface area contributed by atoms with Gasteiger partial charge >= 0.3 is 0 Å². The zero-order chi connectivity index (χ0) is 14.8. The average molecular weight is 280 g/mol. The molecule has 0 bridgehead atoms. The number of aliphatic hydroxyl groups is 1. The van der Waals surface area contributed by atoms with E-state index in [0.29, 0.717) is 32.5 Å². The number of likely N-dealkylation sites (tertiary alicyclic amines) is 1. The quantitative estimate of drug-likeness (QED) is 0.905. The van der Waals surface area contributed by atoms with E-state index in [1.165, 1.54) is 12.1 Å². The lowest BCUT2D eigenvalue weighted by Crippen LogP contribution is -2.46. The number of likely N-dealkylation sites (N-methyl/N-ethyl adjacent to an activating group) is 1.